The third-order valence-corrected chi connectivity index (χ3v) is 6.28. The smallest absolute Gasteiger partial charge is 0.200 e. The number of aromatic hydroxyl groups is 1. The van der Waals surface area contributed by atoms with Gasteiger partial charge in [0.2, 0.25) is 5.72 Å². The Morgan fingerprint density at radius 1 is 1.11 bits per heavy atom. The normalized spacial score (nSPS) is 23.1. The lowest BCUT2D eigenvalue weighted by molar-refractivity contribution is -0.149. The summed E-state index contributed by atoms with van der Waals surface area (Å²) in [5.74, 6) is 1.29. The molecule has 0 radical (unpaired) electrons. The van der Waals surface area contributed by atoms with Crippen LogP contribution >= 0.6 is 0 Å². The van der Waals surface area contributed by atoms with Crippen LogP contribution in [0.2, 0.25) is 0 Å². The van der Waals surface area contributed by atoms with Crippen molar-refractivity contribution >= 4 is 5.71 Å². The topological polar surface area (TPSA) is 48.3 Å². The van der Waals surface area contributed by atoms with E-state index in [0.717, 1.165) is 55.9 Å². The lowest BCUT2D eigenvalue weighted by Gasteiger charge is -2.51. The minimum Gasteiger partial charge on any atom is -0.508 e. The third kappa shape index (κ3) is 2.85. The molecular weight excluding hydrogens is 350 g/mol. The van der Waals surface area contributed by atoms with E-state index in [4.69, 9.17) is 9.84 Å². The molecule has 28 heavy (non-hydrogen) atoms. The number of rotatable bonds is 3. The molecule has 1 N–H and O–H groups in total. The second-order valence-corrected chi connectivity index (χ2v) is 8.09. The number of hydrogen-bond donors (Lipinski definition) is 1. The average Bonchev–Trinajstić information content (AvgIpc) is 3.17. The van der Waals surface area contributed by atoms with Crippen molar-refractivity contribution in [3.63, 3.8) is 0 Å². The van der Waals surface area contributed by atoms with Gasteiger partial charge in [0.05, 0.1) is 11.8 Å². The molecule has 2 aromatic carbocycles. The number of benzene rings is 2. The predicted molar refractivity (Wildman–Crippen MR) is 110 cm³/mol. The number of hydrogen-bond acceptors (Lipinski definition) is 5. The lowest BCUT2D eigenvalue weighted by Crippen LogP contribution is -2.59. The minimum atomic E-state index is -0.359. The third-order valence-electron chi connectivity index (χ3n) is 6.28. The van der Waals surface area contributed by atoms with E-state index in [1.54, 1.807) is 12.1 Å². The molecule has 5 heteroatoms. The van der Waals surface area contributed by atoms with Crippen LogP contribution in [0.4, 0.5) is 0 Å². The predicted octanol–water partition coefficient (Wildman–Crippen LogP) is 4.14. The molecule has 5 rings (SSSR count). The first-order valence-electron chi connectivity index (χ1n) is 10.3. The van der Waals surface area contributed by atoms with Crippen LogP contribution in [-0.2, 0) is 0 Å². The molecule has 1 fully saturated rings. The van der Waals surface area contributed by atoms with Crippen LogP contribution in [0.3, 0.4) is 0 Å². The molecule has 0 bridgehead atoms. The summed E-state index contributed by atoms with van der Waals surface area (Å²) in [6, 6.07) is 16.0. The van der Waals surface area contributed by atoms with Gasteiger partial charge in [-0.25, -0.2) is 5.01 Å². The van der Waals surface area contributed by atoms with Crippen molar-refractivity contribution < 1.29 is 9.84 Å². The fourth-order valence-corrected chi connectivity index (χ4v) is 4.83. The lowest BCUT2D eigenvalue weighted by atomic mass is 9.90. The first-order valence-corrected chi connectivity index (χ1v) is 10.3. The van der Waals surface area contributed by atoms with E-state index in [1.807, 2.05) is 12.1 Å². The maximum atomic E-state index is 9.63. The number of fused-ring (bicyclic) bond motifs is 4. The SMILES string of the molecule is CCCN1CCC2(CC1)Oc1ccccc1[C@H]1CC(c3ccc(O)cc3)=NN12. The van der Waals surface area contributed by atoms with Gasteiger partial charge >= 0.3 is 0 Å². The summed E-state index contributed by atoms with van der Waals surface area (Å²) < 4.78 is 6.66. The van der Waals surface area contributed by atoms with Crippen LogP contribution in [-0.4, -0.2) is 46.1 Å². The number of phenols is 1. The first kappa shape index (κ1) is 17.6. The molecule has 146 valence electrons. The molecule has 2 aromatic rings. The Bertz CT molecular complexity index is 885. The van der Waals surface area contributed by atoms with Crippen molar-refractivity contribution in [2.24, 2.45) is 5.10 Å². The van der Waals surface area contributed by atoms with E-state index in [0.29, 0.717) is 0 Å². The van der Waals surface area contributed by atoms with Crippen LogP contribution in [0.1, 0.15) is 49.8 Å². The van der Waals surface area contributed by atoms with Gasteiger partial charge in [0, 0.05) is 37.9 Å². The molecule has 1 saturated heterocycles. The molecule has 0 aliphatic carbocycles. The van der Waals surface area contributed by atoms with Crippen LogP contribution in [0.5, 0.6) is 11.5 Å². The van der Waals surface area contributed by atoms with Gasteiger partial charge in [0.25, 0.3) is 0 Å². The fraction of sp³-hybridized carbons (Fsp3) is 0.435. The van der Waals surface area contributed by atoms with Crippen molar-refractivity contribution in [2.75, 3.05) is 19.6 Å². The van der Waals surface area contributed by atoms with E-state index in [9.17, 15) is 5.11 Å². The second kappa shape index (κ2) is 6.82. The first-order chi connectivity index (χ1) is 13.7. The minimum absolute atomic E-state index is 0.214. The molecule has 1 atom stereocenters. The molecular formula is C23H27N3O2. The molecule has 0 saturated carbocycles. The molecule has 0 aromatic heterocycles. The van der Waals surface area contributed by atoms with Crippen LogP contribution in [0.25, 0.3) is 0 Å². The van der Waals surface area contributed by atoms with Crippen LogP contribution in [0.15, 0.2) is 53.6 Å². The summed E-state index contributed by atoms with van der Waals surface area (Å²) in [5, 5.41) is 17.0. The number of phenolic OH excluding ortho intramolecular Hbond substituents is 1. The van der Waals surface area contributed by atoms with E-state index >= 15 is 0 Å². The fourth-order valence-electron chi connectivity index (χ4n) is 4.83. The highest BCUT2D eigenvalue weighted by Crippen LogP contribution is 2.49. The van der Waals surface area contributed by atoms with E-state index < -0.39 is 0 Å². The second-order valence-electron chi connectivity index (χ2n) is 8.09. The monoisotopic (exact) mass is 377 g/mol. The number of piperidine rings is 1. The van der Waals surface area contributed by atoms with Gasteiger partial charge in [-0.2, -0.15) is 5.10 Å². The average molecular weight is 377 g/mol. The zero-order valence-corrected chi connectivity index (χ0v) is 16.3. The Morgan fingerprint density at radius 3 is 2.61 bits per heavy atom. The summed E-state index contributed by atoms with van der Waals surface area (Å²) >= 11 is 0. The zero-order valence-electron chi connectivity index (χ0n) is 16.3. The molecule has 1 spiro atoms. The largest absolute Gasteiger partial charge is 0.508 e. The Hall–Kier alpha value is -2.53. The highest BCUT2D eigenvalue weighted by Gasteiger charge is 2.51. The number of ether oxygens (including phenoxy) is 1. The maximum absolute atomic E-state index is 9.63. The van der Waals surface area contributed by atoms with Crippen LogP contribution < -0.4 is 4.74 Å². The Balaban J connectivity index is 1.51. The summed E-state index contributed by atoms with van der Waals surface area (Å²) in [7, 11) is 0. The van der Waals surface area contributed by atoms with Gasteiger partial charge in [-0.3, -0.25) is 0 Å². The van der Waals surface area contributed by atoms with E-state index in [2.05, 4.69) is 41.1 Å². The zero-order chi connectivity index (χ0) is 19.1. The van der Waals surface area contributed by atoms with Crippen molar-refractivity contribution in [1.82, 2.24) is 9.91 Å². The van der Waals surface area contributed by atoms with E-state index in [1.165, 1.54) is 12.0 Å². The summed E-state index contributed by atoms with van der Waals surface area (Å²) in [5.41, 5.74) is 3.01. The standard InChI is InChI=1S/C23H27N3O2/c1-2-13-25-14-11-23(12-15-25)26-21(19-5-3-4-6-22(19)28-23)16-20(24-26)17-7-9-18(27)10-8-17/h3-10,21,27H,2,11-16H2,1H3/t21-/m1/s1. The van der Waals surface area contributed by atoms with Gasteiger partial charge < -0.3 is 14.7 Å². The van der Waals surface area contributed by atoms with Gasteiger partial charge in [-0.1, -0.05) is 25.1 Å². The quantitative estimate of drug-likeness (QED) is 0.873. The molecule has 3 heterocycles. The number of likely N-dealkylation sites (tertiary alicyclic amines) is 1. The Labute approximate surface area is 166 Å². The number of nitrogens with zero attached hydrogens (tertiary/aromatic N) is 3. The van der Waals surface area contributed by atoms with Gasteiger partial charge in [-0.15, -0.1) is 0 Å². The van der Waals surface area contributed by atoms with Crippen molar-refractivity contribution in [1.29, 1.82) is 0 Å². The van der Waals surface area contributed by atoms with Crippen LogP contribution in [0, 0.1) is 0 Å². The highest BCUT2D eigenvalue weighted by atomic mass is 16.5. The highest BCUT2D eigenvalue weighted by molar-refractivity contribution is 6.02. The maximum Gasteiger partial charge on any atom is 0.200 e. The molecule has 0 unspecified atom stereocenters. The van der Waals surface area contributed by atoms with Gasteiger partial charge in [0.15, 0.2) is 0 Å². The van der Waals surface area contributed by atoms with Crippen molar-refractivity contribution in [2.45, 2.75) is 44.4 Å². The Morgan fingerprint density at radius 2 is 1.86 bits per heavy atom. The number of hydrazone groups is 1. The Kier molecular flexibility index (Phi) is 4.27. The summed E-state index contributed by atoms with van der Waals surface area (Å²) in [6.07, 6.45) is 3.98. The van der Waals surface area contributed by atoms with E-state index in [-0.39, 0.29) is 17.5 Å². The van der Waals surface area contributed by atoms with Gasteiger partial charge in [0.1, 0.15) is 11.5 Å². The van der Waals surface area contributed by atoms with Gasteiger partial charge in [-0.05, 0) is 48.9 Å². The molecule has 5 nitrogen and oxygen atoms in total. The molecule has 0 amide bonds. The van der Waals surface area contributed by atoms with Crippen molar-refractivity contribution in [3.8, 4) is 11.5 Å². The number of para-hydroxylation sites is 1. The molecule has 3 aliphatic heterocycles. The molecule has 3 aliphatic rings. The summed E-state index contributed by atoms with van der Waals surface area (Å²) in [4.78, 5) is 2.53. The van der Waals surface area contributed by atoms with Crippen molar-refractivity contribution in [3.05, 3.63) is 59.7 Å². The summed E-state index contributed by atoms with van der Waals surface area (Å²) in [6.45, 7) is 5.48.